The zero-order chi connectivity index (χ0) is 14.1. The Hall–Kier alpha value is -1.86. The number of aliphatic hydroxyl groups excluding tert-OH is 1. The summed E-state index contributed by atoms with van der Waals surface area (Å²) >= 11 is 0. The van der Waals surface area contributed by atoms with Crippen LogP contribution >= 0.6 is 0 Å². The van der Waals surface area contributed by atoms with Gasteiger partial charge in [-0.2, -0.15) is 5.26 Å². The molecule has 102 valence electrons. The second kappa shape index (κ2) is 8.28. The van der Waals surface area contributed by atoms with Crippen molar-refractivity contribution in [3.63, 3.8) is 0 Å². The van der Waals surface area contributed by atoms with E-state index >= 15 is 0 Å². The van der Waals surface area contributed by atoms with Gasteiger partial charge in [0.05, 0.1) is 18.9 Å². The van der Waals surface area contributed by atoms with E-state index in [-0.39, 0.29) is 25.0 Å². The number of benzene rings is 1. The number of aliphatic hydroxyl groups is 1. The van der Waals surface area contributed by atoms with Crippen LogP contribution < -0.4 is 5.32 Å². The first-order valence-electron chi connectivity index (χ1n) is 6.55. The Kier molecular flexibility index (Phi) is 6.62. The van der Waals surface area contributed by atoms with E-state index in [4.69, 9.17) is 10.4 Å². The van der Waals surface area contributed by atoms with Gasteiger partial charge in [0.2, 0.25) is 5.91 Å². The molecule has 0 saturated heterocycles. The molecule has 1 aromatic rings. The number of nitrogens with zero attached hydrogens (tertiary/aromatic N) is 1. The molecule has 0 saturated carbocycles. The summed E-state index contributed by atoms with van der Waals surface area (Å²) in [5, 5.41) is 20.6. The fourth-order valence-corrected chi connectivity index (χ4v) is 1.97. The van der Waals surface area contributed by atoms with Crippen LogP contribution in [0.15, 0.2) is 24.3 Å². The lowest BCUT2D eigenvalue weighted by molar-refractivity contribution is -0.121. The standard InChI is InChI=1S/C15H20N2O2/c1-2-14(8-10-18)17-15(19)11-13-6-4-3-5-12(13)7-9-16/h3-6,14,18H,2,7-8,10-11H2,1H3,(H,17,19). The van der Waals surface area contributed by atoms with Gasteiger partial charge in [-0.15, -0.1) is 0 Å². The van der Waals surface area contributed by atoms with E-state index < -0.39 is 0 Å². The number of carbonyl (C=O) groups is 1. The average molecular weight is 260 g/mol. The van der Waals surface area contributed by atoms with Gasteiger partial charge in [-0.3, -0.25) is 4.79 Å². The summed E-state index contributed by atoms with van der Waals surface area (Å²) in [5.74, 6) is -0.0642. The SMILES string of the molecule is CCC(CCO)NC(=O)Cc1ccccc1CC#N. The zero-order valence-corrected chi connectivity index (χ0v) is 11.2. The predicted molar refractivity (Wildman–Crippen MR) is 73.4 cm³/mol. The zero-order valence-electron chi connectivity index (χ0n) is 11.2. The summed E-state index contributed by atoms with van der Waals surface area (Å²) in [5.41, 5.74) is 1.79. The van der Waals surface area contributed by atoms with E-state index in [0.717, 1.165) is 17.5 Å². The molecule has 0 aliphatic carbocycles. The molecule has 0 radical (unpaired) electrons. The van der Waals surface area contributed by atoms with E-state index in [1.807, 2.05) is 31.2 Å². The summed E-state index contributed by atoms with van der Waals surface area (Å²) in [6.45, 7) is 2.05. The predicted octanol–water partition coefficient (Wildman–Crippen LogP) is 1.57. The Morgan fingerprint density at radius 1 is 1.42 bits per heavy atom. The van der Waals surface area contributed by atoms with Crippen molar-refractivity contribution in [3.8, 4) is 6.07 Å². The monoisotopic (exact) mass is 260 g/mol. The average Bonchev–Trinajstić information content (AvgIpc) is 2.40. The topological polar surface area (TPSA) is 73.1 Å². The first kappa shape index (κ1) is 15.2. The van der Waals surface area contributed by atoms with Crippen LogP contribution in [0.25, 0.3) is 0 Å². The van der Waals surface area contributed by atoms with Gasteiger partial charge in [0, 0.05) is 12.6 Å². The second-order valence-electron chi connectivity index (χ2n) is 4.47. The molecule has 0 heterocycles. The Morgan fingerprint density at radius 2 is 2.11 bits per heavy atom. The van der Waals surface area contributed by atoms with Crippen molar-refractivity contribution in [2.24, 2.45) is 0 Å². The summed E-state index contributed by atoms with van der Waals surface area (Å²) in [4.78, 5) is 11.9. The third kappa shape index (κ3) is 5.11. The maximum Gasteiger partial charge on any atom is 0.224 e. The molecule has 1 unspecified atom stereocenters. The van der Waals surface area contributed by atoms with E-state index in [9.17, 15) is 4.79 Å². The summed E-state index contributed by atoms with van der Waals surface area (Å²) in [6.07, 6.45) is 1.96. The second-order valence-corrected chi connectivity index (χ2v) is 4.47. The van der Waals surface area contributed by atoms with Gasteiger partial charge in [-0.05, 0) is 24.0 Å². The highest BCUT2D eigenvalue weighted by Gasteiger charge is 2.12. The van der Waals surface area contributed by atoms with Crippen LogP contribution in [-0.2, 0) is 17.6 Å². The van der Waals surface area contributed by atoms with E-state index in [1.165, 1.54) is 0 Å². The quantitative estimate of drug-likeness (QED) is 0.781. The van der Waals surface area contributed by atoms with Crippen molar-refractivity contribution in [2.45, 2.75) is 38.6 Å². The molecule has 0 aliphatic rings. The van der Waals surface area contributed by atoms with Gasteiger partial charge in [0.25, 0.3) is 0 Å². The fraction of sp³-hybridized carbons (Fsp3) is 0.467. The highest BCUT2D eigenvalue weighted by molar-refractivity contribution is 5.79. The van der Waals surface area contributed by atoms with Gasteiger partial charge >= 0.3 is 0 Å². The van der Waals surface area contributed by atoms with Crippen LogP contribution in [0.5, 0.6) is 0 Å². The molecule has 4 heteroatoms. The first-order chi connectivity index (χ1) is 9.21. The van der Waals surface area contributed by atoms with Crippen molar-refractivity contribution < 1.29 is 9.90 Å². The lowest BCUT2D eigenvalue weighted by Crippen LogP contribution is -2.36. The van der Waals surface area contributed by atoms with Crippen LogP contribution in [0.4, 0.5) is 0 Å². The molecule has 0 fully saturated rings. The molecule has 0 spiro atoms. The summed E-state index contributed by atoms with van der Waals surface area (Å²) in [6, 6.07) is 9.61. The Morgan fingerprint density at radius 3 is 2.68 bits per heavy atom. The lowest BCUT2D eigenvalue weighted by Gasteiger charge is -2.16. The summed E-state index contributed by atoms with van der Waals surface area (Å²) in [7, 11) is 0. The summed E-state index contributed by atoms with van der Waals surface area (Å²) < 4.78 is 0. The normalized spacial score (nSPS) is 11.6. The molecule has 4 nitrogen and oxygen atoms in total. The number of nitriles is 1. The molecule has 0 aromatic heterocycles. The lowest BCUT2D eigenvalue weighted by atomic mass is 10.0. The highest BCUT2D eigenvalue weighted by atomic mass is 16.3. The van der Waals surface area contributed by atoms with Gasteiger partial charge in [0.15, 0.2) is 0 Å². The first-order valence-corrected chi connectivity index (χ1v) is 6.55. The molecular formula is C15H20N2O2. The number of hydrogen-bond donors (Lipinski definition) is 2. The van der Waals surface area contributed by atoms with Crippen LogP contribution in [0.3, 0.4) is 0 Å². The van der Waals surface area contributed by atoms with Crippen LogP contribution in [-0.4, -0.2) is 23.7 Å². The number of carbonyl (C=O) groups excluding carboxylic acids is 1. The maximum atomic E-state index is 11.9. The van der Waals surface area contributed by atoms with Crippen molar-refractivity contribution in [3.05, 3.63) is 35.4 Å². The van der Waals surface area contributed by atoms with E-state index in [2.05, 4.69) is 11.4 Å². The van der Waals surface area contributed by atoms with Gasteiger partial charge in [-0.1, -0.05) is 31.2 Å². The Balaban J connectivity index is 2.64. The molecule has 1 atom stereocenters. The number of rotatable bonds is 7. The van der Waals surface area contributed by atoms with Gasteiger partial charge in [0.1, 0.15) is 0 Å². The molecule has 1 rings (SSSR count). The smallest absolute Gasteiger partial charge is 0.224 e. The number of amides is 1. The largest absolute Gasteiger partial charge is 0.396 e. The number of hydrogen-bond acceptors (Lipinski definition) is 3. The fourth-order valence-electron chi connectivity index (χ4n) is 1.97. The molecule has 1 amide bonds. The van der Waals surface area contributed by atoms with Crippen molar-refractivity contribution in [1.82, 2.24) is 5.32 Å². The van der Waals surface area contributed by atoms with Crippen molar-refractivity contribution >= 4 is 5.91 Å². The molecule has 0 bridgehead atoms. The molecule has 1 aromatic carbocycles. The number of nitrogens with one attached hydrogen (secondary N) is 1. The van der Waals surface area contributed by atoms with Crippen molar-refractivity contribution in [2.75, 3.05) is 6.61 Å². The van der Waals surface area contributed by atoms with E-state index in [0.29, 0.717) is 12.8 Å². The minimum Gasteiger partial charge on any atom is -0.396 e. The molecule has 0 aliphatic heterocycles. The Labute approximate surface area is 114 Å². The van der Waals surface area contributed by atoms with Crippen LogP contribution in [0.1, 0.15) is 30.9 Å². The van der Waals surface area contributed by atoms with Gasteiger partial charge in [-0.25, -0.2) is 0 Å². The maximum absolute atomic E-state index is 11.9. The Bertz CT molecular complexity index is 452. The van der Waals surface area contributed by atoms with Gasteiger partial charge < -0.3 is 10.4 Å². The molecular weight excluding hydrogens is 240 g/mol. The minimum absolute atomic E-state index is 0.0145. The molecule has 2 N–H and O–H groups in total. The molecule has 19 heavy (non-hydrogen) atoms. The van der Waals surface area contributed by atoms with Crippen LogP contribution in [0.2, 0.25) is 0 Å². The van der Waals surface area contributed by atoms with Crippen molar-refractivity contribution in [1.29, 1.82) is 5.26 Å². The highest BCUT2D eigenvalue weighted by Crippen LogP contribution is 2.10. The third-order valence-corrected chi connectivity index (χ3v) is 3.07. The van der Waals surface area contributed by atoms with E-state index in [1.54, 1.807) is 0 Å². The minimum atomic E-state index is -0.0642. The van der Waals surface area contributed by atoms with Crippen LogP contribution in [0, 0.1) is 11.3 Å². The third-order valence-electron chi connectivity index (χ3n) is 3.07.